The number of likely N-dealkylation sites (tertiary alicyclic amines) is 1. The summed E-state index contributed by atoms with van der Waals surface area (Å²) in [6.07, 6.45) is 4.04. The van der Waals surface area contributed by atoms with Crippen LogP contribution in [0.25, 0.3) is 16.1 Å². The molecule has 136 valence electrons. The number of piperidine rings is 1. The Labute approximate surface area is 164 Å². The highest BCUT2D eigenvalue weighted by Gasteiger charge is 2.28. The van der Waals surface area contributed by atoms with E-state index in [-0.39, 0.29) is 11.8 Å². The summed E-state index contributed by atoms with van der Waals surface area (Å²) in [5, 5.41) is 8.76. The Hall–Kier alpha value is -2.51. The lowest BCUT2D eigenvalue weighted by atomic mass is 9.97. The van der Waals surface area contributed by atoms with Crippen molar-refractivity contribution in [2.45, 2.75) is 18.8 Å². The van der Waals surface area contributed by atoms with Gasteiger partial charge in [0.25, 0.3) is 5.91 Å². The van der Waals surface area contributed by atoms with Gasteiger partial charge in [-0.05, 0) is 47.9 Å². The first kappa shape index (κ1) is 16.6. The summed E-state index contributed by atoms with van der Waals surface area (Å²) in [5.74, 6) is 1.15. The summed E-state index contributed by atoms with van der Waals surface area (Å²) in [6, 6.07) is 12.1. The highest BCUT2D eigenvalue weighted by atomic mass is 32.1. The number of thiophene rings is 2. The number of rotatable bonds is 3. The van der Waals surface area contributed by atoms with E-state index in [1.165, 1.54) is 16.2 Å². The Morgan fingerprint density at radius 1 is 1.11 bits per heavy atom. The zero-order chi connectivity index (χ0) is 18.2. The molecule has 0 bridgehead atoms. The van der Waals surface area contributed by atoms with E-state index in [0.29, 0.717) is 6.54 Å². The van der Waals surface area contributed by atoms with Crippen LogP contribution in [0.1, 0.15) is 34.3 Å². The van der Waals surface area contributed by atoms with E-state index in [9.17, 15) is 4.79 Å². The second-order valence-electron chi connectivity index (χ2n) is 6.74. The Morgan fingerprint density at radius 3 is 2.81 bits per heavy atom. The molecule has 1 atom stereocenters. The lowest BCUT2D eigenvalue weighted by Gasteiger charge is -2.31. The molecular weight excluding hydrogens is 376 g/mol. The first-order valence-corrected chi connectivity index (χ1v) is 10.8. The van der Waals surface area contributed by atoms with Gasteiger partial charge < -0.3 is 4.90 Å². The van der Waals surface area contributed by atoms with E-state index >= 15 is 0 Å². The van der Waals surface area contributed by atoms with Crippen LogP contribution >= 0.6 is 22.7 Å². The van der Waals surface area contributed by atoms with Crippen LogP contribution in [0.5, 0.6) is 0 Å². The van der Waals surface area contributed by atoms with Crippen LogP contribution in [-0.4, -0.2) is 38.5 Å². The fourth-order valence-corrected chi connectivity index (χ4v) is 5.00. The average molecular weight is 395 g/mol. The van der Waals surface area contributed by atoms with Crippen molar-refractivity contribution in [1.82, 2.24) is 19.5 Å². The van der Waals surface area contributed by atoms with Crippen molar-refractivity contribution < 1.29 is 4.79 Å². The molecule has 7 heteroatoms. The average Bonchev–Trinajstić information content (AvgIpc) is 3.48. The van der Waals surface area contributed by atoms with Crippen LogP contribution in [-0.2, 0) is 0 Å². The molecule has 0 aromatic carbocycles. The predicted molar refractivity (Wildman–Crippen MR) is 108 cm³/mol. The van der Waals surface area contributed by atoms with Gasteiger partial charge in [0.2, 0.25) is 0 Å². The Kier molecular flexibility index (Phi) is 4.26. The molecule has 0 N–H and O–H groups in total. The third kappa shape index (κ3) is 3.17. The third-order valence-corrected chi connectivity index (χ3v) is 6.74. The maximum atomic E-state index is 12.7. The smallest absolute Gasteiger partial charge is 0.263 e. The first-order valence-electron chi connectivity index (χ1n) is 9.01. The van der Waals surface area contributed by atoms with Crippen molar-refractivity contribution in [3.8, 4) is 10.4 Å². The number of carbonyl (C=O) groups is 1. The van der Waals surface area contributed by atoms with Crippen LogP contribution in [0, 0.1) is 0 Å². The fraction of sp³-hybridized carbons (Fsp3) is 0.250. The zero-order valence-electron chi connectivity index (χ0n) is 14.6. The van der Waals surface area contributed by atoms with Crippen LogP contribution in [0.2, 0.25) is 0 Å². The van der Waals surface area contributed by atoms with Gasteiger partial charge >= 0.3 is 0 Å². The Bertz CT molecular complexity index is 1070. The van der Waals surface area contributed by atoms with Gasteiger partial charge in [-0.1, -0.05) is 12.1 Å². The van der Waals surface area contributed by atoms with E-state index < -0.39 is 0 Å². The monoisotopic (exact) mass is 394 g/mol. The molecular formula is C20H18N4OS2. The number of hydrogen-bond donors (Lipinski definition) is 0. The van der Waals surface area contributed by atoms with Gasteiger partial charge in [0.1, 0.15) is 0 Å². The van der Waals surface area contributed by atoms with Gasteiger partial charge in [0, 0.05) is 35.6 Å². The second kappa shape index (κ2) is 6.90. The molecule has 5 nitrogen and oxygen atoms in total. The van der Waals surface area contributed by atoms with Gasteiger partial charge in [0.05, 0.1) is 4.88 Å². The number of amides is 1. The Morgan fingerprint density at radius 2 is 2.00 bits per heavy atom. The summed E-state index contributed by atoms with van der Waals surface area (Å²) in [5.41, 5.74) is 2.00. The molecule has 0 spiro atoms. The maximum Gasteiger partial charge on any atom is 0.263 e. The number of nitrogens with zero attached hydrogens (tertiary/aromatic N) is 4. The topological polar surface area (TPSA) is 50.5 Å². The van der Waals surface area contributed by atoms with Crippen molar-refractivity contribution >= 4 is 34.2 Å². The van der Waals surface area contributed by atoms with Crippen molar-refractivity contribution in [3.63, 3.8) is 0 Å². The van der Waals surface area contributed by atoms with Crippen molar-refractivity contribution in [2.75, 3.05) is 13.1 Å². The molecule has 5 heterocycles. The summed E-state index contributed by atoms with van der Waals surface area (Å²) >= 11 is 3.22. The third-order valence-electron chi connectivity index (χ3n) is 4.96. The number of aromatic nitrogens is 3. The van der Waals surface area contributed by atoms with Crippen molar-refractivity contribution in [3.05, 3.63) is 64.1 Å². The van der Waals surface area contributed by atoms with Crippen LogP contribution in [0.3, 0.4) is 0 Å². The van der Waals surface area contributed by atoms with Crippen molar-refractivity contribution in [2.24, 2.45) is 0 Å². The number of hydrogen-bond acceptors (Lipinski definition) is 5. The summed E-state index contributed by atoms with van der Waals surface area (Å²) in [7, 11) is 0. The van der Waals surface area contributed by atoms with E-state index in [4.69, 9.17) is 10.1 Å². The predicted octanol–water partition coefficient (Wildman–Crippen LogP) is 4.54. The molecule has 1 aliphatic rings. The van der Waals surface area contributed by atoms with E-state index in [1.54, 1.807) is 11.3 Å². The molecule has 1 amide bonds. The van der Waals surface area contributed by atoms with E-state index in [1.807, 2.05) is 39.2 Å². The second-order valence-corrected chi connectivity index (χ2v) is 8.63. The molecule has 1 fully saturated rings. The van der Waals surface area contributed by atoms with Crippen molar-refractivity contribution in [1.29, 1.82) is 0 Å². The quantitative estimate of drug-likeness (QED) is 0.513. The Balaban J connectivity index is 1.40. The molecule has 1 aliphatic heterocycles. The lowest BCUT2D eigenvalue weighted by molar-refractivity contribution is 0.0709. The number of pyridine rings is 1. The molecule has 5 rings (SSSR count). The first-order chi connectivity index (χ1) is 13.3. The molecule has 4 aromatic heterocycles. The van der Waals surface area contributed by atoms with Gasteiger partial charge in [0.15, 0.2) is 11.5 Å². The molecule has 4 aromatic rings. The molecule has 0 aliphatic carbocycles. The molecule has 1 saturated heterocycles. The molecule has 0 radical (unpaired) electrons. The maximum absolute atomic E-state index is 12.7. The SMILES string of the molecule is O=C(c1cccs1)N1CCCC(c2nc3ccc(-c4cccs4)cn3n2)C1. The standard InChI is InChI=1S/C20H18N4OS2/c25-20(17-6-3-11-27-17)23-9-1-4-15(12-23)19-21-18-8-7-14(13-24(18)22-19)16-5-2-10-26-16/h2-3,5-8,10-11,13,15H,1,4,9,12H2. The van der Waals surface area contributed by atoms with E-state index in [2.05, 4.69) is 23.6 Å². The summed E-state index contributed by atoms with van der Waals surface area (Å²) in [6.45, 7) is 1.49. The minimum absolute atomic E-state index is 0.124. The lowest BCUT2D eigenvalue weighted by Crippen LogP contribution is -2.39. The normalized spacial score (nSPS) is 17.5. The van der Waals surface area contributed by atoms with Crippen LogP contribution in [0.4, 0.5) is 0 Å². The summed E-state index contributed by atoms with van der Waals surface area (Å²) < 4.78 is 1.87. The van der Waals surface area contributed by atoms with Crippen LogP contribution < -0.4 is 0 Å². The minimum atomic E-state index is 0.124. The fourth-order valence-electron chi connectivity index (χ4n) is 3.59. The number of carbonyl (C=O) groups excluding carboxylic acids is 1. The van der Waals surface area contributed by atoms with Gasteiger partial charge in [-0.15, -0.1) is 22.7 Å². The molecule has 0 saturated carbocycles. The molecule has 27 heavy (non-hydrogen) atoms. The van der Waals surface area contributed by atoms with Gasteiger partial charge in [-0.3, -0.25) is 4.79 Å². The summed E-state index contributed by atoms with van der Waals surface area (Å²) in [4.78, 5) is 21.4. The largest absolute Gasteiger partial charge is 0.337 e. The van der Waals surface area contributed by atoms with E-state index in [0.717, 1.165) is 41.3 Å². The number of fused-ring (bicyclic) bond motifs is 1. The van der Waals surface area contributed by atoms with Crippen LogP contribution in [0.15, 0.2) is 53.4 Å². The highest BCUT2D eigenvalue weighted by molar-refractivity contribution is 7.13. The minimum Gasteiger partial charge on any atom is -0.337 e. The highest BCUT2D eigenvalue weighted by Crippen LogP contribution is 2.28. The zero-order valence-corrected chi connectivity index (χ0v) is 16.2. The molecule has 1 unspecified atom stereocenters. The van der Waals surface area contributed by atoms with Gasteiger partial charge in [-0.25, -0.2) is 9.50 Å². The van der Waals surface area contributed by atoms with Gasteiger partial charge in [-0.2, -0.15) is 5.10 Å².